The molecule has 0 bridgehead atoms. The normalized spacial score (nSPS) is 42.9. The van der Waals surface area contributed by atoms with Gasteiger partial charge in [-0.2, -0.15) is 0 Å². The van der Waals surface area contributed by atoms with E-state index in [1.54, 1.807) is 26.8 Å². The Kier molecular flexibility index (Phi) is 4.56. The smallest absolute Gasteiger partial charge is 0.334 e. The van der Waals surface area contributed by atoms with Gasteiger partial charge in [0.15, 0.2) is 6.10 Å². The minimum atomic E-state index is -1.69. The van der Waals surface area contributed by atoms with Crippen LogP contribution in [0.15, 0.2) is 22.8 Å². The summed E-state index contributed by atoms with van der Waals surface area (Å²) in [5.41, 5.74) is -0.719. The summed E-state index contributed by atoms with van der Waals surface area (Å²) in [7, 11) is 0. The van der Waals surface area contributed by atoms with Crippen LogP contribution < -0.4 is 0 Å². The van der Waals surface area contributed by atoms with Crippen molar-refractivity contribution in [2.24, 2.45) is 11.3 Å². The lowest BCUT2D eigenvalue weighted by atomic mass is 9.49. The molecule has 1 aliphatic heterocycles. The first-order chi connectivity index (χ1) is 12.1. The zero-order valence-corrected chi connectivity index (χ0v) is 16.0. The molecule has 0 aromatic rings. The summed E-state index contributed by atoms with van der Waals surface area (Å²) in [4.78, 5) is 24.3. The standard InChI is InChI=1S/C20H28O6/c1-6-10(2)17(22)25-14-8-7-11(3)19(5)9-13-12(4)18(23)26-15(13)16(21)20(14,19)24/h6,11,14-16,21,24H,7-9H2,1-5H3. The zero-order valence-electron chi connectivity index (χ0n) is 16.0. The van der Waals surface area contributed by atoms with Crippen molar-refractivity contribution in [3.05, 3.63) is 22.8 Å². The molecule has 144 valence electrons. The number of carbonyl (C=O) groups excluding carboxylic acids is 2. The van der Waals surface area contributed by atoms with Crippen molar-refractivity contribution >= 4 is 11.9 Å². The molecule has 2 N–H and O–H groups in total. The summed E-state index contributed by atoms with van der Waals surface area (Å²) in [5.74, 6) is -0.881. The molecular weight excluding hydrogens is 336 g/mol. The topological polar surface area (TPSA) is 93.1 Å². The summed E-state index contributed by atoms with van der Waals surface area (Å²) in [6.07, 6.45) is 0.203. The molecule has 26 heavy (non-hydrogen) atoms. The van der Waals surface area contributed by atoms with Crippen LogP contribution in [0, 0.1) is 11.3 Å². The third kappa shape index (κ3) is 2.38. The molecule has 0 aromatic heterocycles. The number of fused-ring (bicyclic) bond motifs is 2. The van der Waals surface area contributed by atoms with Gasteiger partial charge in [0.25, 0.3) is 0 Å². The van der Waals surface area contributed by atoms with Gasteiger partial charge < -0.3 is 19.7 Å². The summed E-state index contributed by atoms with van der Waals surface area (Å²) >= 11 is 0. The Hall–Kier alpha value is -1.66. The molecule has 6 atom stereocenters. The zero-order chi connectivity index (χ0) is 19.4. The van der Waals surface area contributed by atoms with Crippen molar-refractivity contribution in [1.82, 2.24) is 0 Å². The summed E-state index contributed by atoms with van der Waals surface area (Å²) < 4.78 is 11.0. The van der Waals surface area contributed by atoms with Crippen LogP contribution in [0.2, 0.25) is 0 Å². The van der Waals surface area contributed by atoms with Gasteiger partial charge in [0.05, 0.1) is 0 Å². The number of esters is 2. The molecule has 0 radical (unpaired) electrons. The minimum absolute atomic E-state index is 0.0804. The van der Waals surface area contributed by atoms with Gasteiger partial charge in [0.1, 0.15) is 17.8 Å². The van der Waals surface area contributed by atoms with E-state index in [9.17, 15) is 19.8 Å². The molecule has 3 rings (SSSR count). The van der Waals surface area contributed by atoms with E-state index in [0.717, 1.165) is 12.0 Å². The molecular formula is C20H28O6. The van der Waals surface area contributed by atoms with Gasteiger partial charge in [-0.25, -0.2) is 9.59 Å². The fraction of sp³-hybridized carbons (Fsp3) is 0.700. The molecule has 0 saturated heterocycles. The Morgan fingerprint density at radius 2 is 2.04 bits per heavy atom. The van der Waals surface area contributed by atoms with Crippen LogP contribution in [0.4, 0.5) is 0 Å². The second-order valence-electron chi connectivity index (χ2n) is 8.18. The maximum Gasteiger partial charge on any atom is 0.334 e. The molecule has 6 heteroatoms. The van der Waals surface area contributed by atoms with E-state index in [4.69, 9.17) is 9.47 Å². The summed E-state index contributed by atoms with van der Waals surface area (Å²) in [5, 5.41) is 22.8. The molecule has 1 heterocycles. The van der Waals surface area contributed by atoms with E-state index in [-0.39, 0.29) is 5.92 Å². The second-order valence-corrected chi connectivity index (χ2v) is 8.18. The quantitative estimate of drug-likeness (QED) is 0.575. The first kappa shape index (κ1) is 19.1. The lowest BCUT2D eigenvalue weighted by Gasteiger charge is -2.60. The Labute approximate surface area is 153 Å². The predicted molar refractivity (Wildman–Crippen MR) is 94.0 cm³/mol. The van der Waals surface area contributed by atoms with Crippen molar-refractivity contribution in [3.8, 4) is 0 Å². The number of hydrogen-bond acceptors (Lipinski definition) is 6. The minimum Gasteiger partial charge on any atom is -0.456 e. The molecule has 6 unspecified atom stereocenters. The van der Waals surface area contributed by atoms with Gasteiger partial charge in [-0.15, -0.1) is 0 Å². The first-order valence-corrected chi connectivity index (χ1v) is 9.22. The van der Waals surface area contributed by atoms with Gasteiger partial charge in [0, 0.05) is 16.6 Å². The molecule has 2 fully saturated rings. The molecule has 0 spiro atoms. The molecule has 2 saturated carbocycles. The van der Waals surface area contributed by atoms with Gasteiger partial charge >= 0.3 is 11.9 Å². The lowest BCUT2D eigenvalue weighted by Crippen LogP contribution is -2.72. The van der Waals surface area contributed by atoms with Crippen molar-refractivity contribution in [3.63, 3.8) is 0 Å². The van der Waals surface area contributed by atoms with Crippen molar-refractivity contribution in [1.29, 1.82) is 0 Å². The van der Waals surface area contributed by atoms with E-state index in [1.165, 1.54) is 0 Å². The number of ether oxygens (including phenoxy) is 2. The molecule has 2 aliphatic carbocycles. The number of hydrogen-bond donors (Lipinski definition) is 2. The van der Waals surface area contributed by atoms with Crippen molar-refractivity contribution < 1.29 is 29.3 Å². The van der Waals surface area contributed by atoms with Crippen molar-refractivity contribution in [2.45, 2.75) is 77.8 Å². The number of aliphatic hydroxyl groups excluding tert-OH is 1. The third-order valence-corrected chi connectivity index (χ3v) is 7.02. The number of aliphatic hydroxyl groups is 2. The van der Waals surface area contributed by atoms with Crippen LogP contribution in [0.5, 0.6) is 0 Å². The third-order valence-electron chi connectivity index (χ3n) is 7.02. The van der Waals surface area contributed by atoms with Gasteiger partial charge in [-0.1, -0.05) is 19.9 Å². The van der Waals surface area contributed by atoms with Crippen LogP contribution in [-0.4, -0.2) is 46.1 Å². The maximum atomic E-state index is 12.3. The highest BCUT2D eigenvalue weighted by Gasteiger charge is 2.68. The average molecular weight is 364 g/mol. The maximum absolute atomic E-state index is 12.3. The van der Waals surface area contributed by atoms with E-state index < -0.39 is 41.3 Å². The van der Waals surface area contributed by atoms with E-state index in [1.807, 2.05) is 13.8 Å². The highest BCUT2D eigenvalue weighted by molar-refractivity contribution is 5.92. The Balaban J connectivity index is 2.03. The fourth-order valence-electron chi connectivity index (χ4n) is 4.77. The monoisotopic (exact) mass is 364 g/mol. The van der Waals surface area contributed by atoms with Gasteiger partial charge in [-0.05, 0) is 51.5 Å². The number of rotatable bonds is 2. The van der Waals surface area contributed by atoms with Gasteiger partial charge in [-0.3, -0.25) is 0 Å². The first-order valence-electron chi connectivity index (χ1n) is 9.22. The fourth-order valence-corrected chi connectivity index (χ4v) is 4.77. The van der Waals surface area contributed by atoms with Gasteiger partial charge in [0.2, 0.25) is 0 Å². The summed E-state index contributed by atoms with van der Waals surface area (Å²) in [6.45, 7) is 9.02. The highest BCUT2D eigenvalue weighted by atomic mass is 16.6. The molecule has 0 amide bonds. The number of allylic oxidation sites excluding steroid dienone is 1. The largest absolute Gasteiger partial charge is 0.456 e. The van der Waals surface area contributed by atoms with E-state index in [2.05, 4.69) is 0 Å². The Morgan fingerprint density at radius 3 is 2.65 bits per heavy atom. The molecule has 0 aromatic carbocycles. The van der Waals surface area contributed by atoms with Crippen LogP contribution in [-0.2, 0) is 19.1 Å². The van der Waals surface area contributed by atoms with Crippen LogP contribution in [0.1, 0.15) is 53.9 Å². The van der Waals surface area contributed by atoms with Crippen molar-refractivity contribution in [2.75, 3.05) is 0 Å². The van der Waals surface area contributed by atoms with Crippen LogP contribution >= 0.6 is 0 Å². The molecule has 6 nitrogen and oxygen atoms in total. The predicted octanol–water partition coefficient (Wildman–Crippen LogP) is 2.04. The van der Waals surface area contributed by atoms with E-state index >= 15 is 0 Å². The molecule has 3 aliphatic rings. The lowest BCUT2D eigenvalue weighted by molar-refractivity contribution is -0.274. The van der Waals surface area contributed by atoms with Crippen LogP contribution in [0.25, 0.3) is 0 Å². The second kappa shape index (κ2) is 6.20. The number of carbonyl (C=O) groups is 2. The Morgan fingerprint density at radius 1 is 1.38 bits per heavy atom. The SMILES string of the molecule is CC=C(C)C(=O)OC1CCC(C)C2(C)CC3=C(C)C(=O)OC3C(O)C12O. The summed E-state index contributed by atoms with van der Waals surface area (Å²) in [6, 6.07) is 0. The van der Waals surface area contributed by atoms with E-state index in [0.29, 0.717) is 24.0 Å². The van der Waals surface area contributed by atoms with Crippen LogP contribution in [0.3, 0.4) is 0 Å². The highest BCUT2D eigenvalue weighted by Crippen LogP contribution is 2.59. The average Bonchev–Trinajstić information content (AvgIpc) is 2.88. The Bertz CT molecular complexity index is 707.